The van der Waals surface area contributed by atoms with Gasteiger partial charge >= 0.3 is 11.9 Å². The summed E-state index contributed by atoms with van der Waals surface area (Å²) in [6.45, 7) is 6.93. The number of nitrogens with one attached hydrogen (secondary N) is 4. The molecule has 8 N–H and O–H groups in total. The molecule has 0 saturated heterocycles. The van der Waals surface area contributed by atoms with Crippen LogP contribution in [0, 0.1) is 11.8 Å². The molecule has 0 fully saturated rings. The van der Waals surface area contributed by atoms with Gasteiger partial charge in [-0.2, -0.15) is 0 Å². The van der Waals surface area contributed by atoms with Crippen molar-refractivity contribution < 1.29 is 34.2 Å². The average molecular weight is 546 g/mol. The molecule has 0 aliphatic heterocycles. The lowest BCUT2D eigenvalue weighted by Crippen LogP contribution is -2.58. The van der Waals surface area contributed by atoms with Crippen LogP contribution in [0.1, 0.15) is 52.5 Å². The first-order valence-corrected chi connectivity index (χ1v) is 13.0. The zero-order chi connectivity index (χ0) is 29.3. The summed E-state index contributed by atoms with van der Waals surface area (Å²) in [7, 11) is 0. The number of carboxylic acid groups (broad SMARTS) is 2. The lowest BCUT2D eigenvalue weighted by Gasteiger charge is -2.26. The maximum atomic E-state index is 13.4. The third-order valence-electron chi connectivity index (χ3n) is 6.80. The number of carboxylic acids is 2. The molecule has 12 nitrogen and oxygen atoms in total. The van der Waals surface area contributed by atoms with Crippen LogP contribution in [0.4, 0.5) is 0 Å². The van der Waals surface area contributed by atoms with Crippen LogP contribution in [0.2, 0.25) is 0 Å². The van der Waals surface area contributed by atoms with Gasteiger partial charge in [0.2, 0.25) is 17.7 Å². The summed E-state index contributed by atoms with van der Waals surface area (Å²) in [6.07, 6.45) is 1.69. The summed E-state index contributed by atoms with van der Waals surface area (Å²) in [5.74, 6) is -5.12. The molecule has 1 aromatic heterocycles. The molecule has 1 aromatic carbocycles. The standard InChI is InChI=1S/C27H39N5O7/c1-5-15(4)22(28)26(37)30-19(10-11-21(33)34)24(35)31-20(25(36)32-23(14(2)3)27(38)39)12-16-13-29-18-9-7-6-8-17(16)18/h6-9,13-15,19-20,22-23,29H,5,10-12,28H2,1-4H3,(H,30,37)(H,31,35)(H,32,36)(H,33,34)(H,38,39). The normalized spacial score (nSPS) is 15.1. The first kappa shape index (κ1) is 31.3. The monoisotopic (exact) mass is 545 g/mol. The van der Waals surface area contributed by atoms with E-state index >= 15 is 0 Å². The zero-order valence-electron chi connectivity index (χ0n) is 22.7. The molecule has 0 bridgehead atoms. The smallest absolute Gasteiger partial charge is 0.326 e. The van der Waals surface area contributed by atoms with Gasteiger partial charge in [0.05, 0.1) is 6.04 Å². The van der Waals surface area contributed by atoms with Gasteiger partial charge < -0.3 is 36.9 Å². The van der Waals surface area contributed by atoms with E-state index in [1.54, 1.807) is 27.0 Å². The van der Waals surface area contributed by atoms with Crippen molar-refractivity contribution in [1.82, 2.24) is 20.9 Å². The number of carbonyl (C=O) groups is 5. The minimum atomic E-state index is -1.28. The van der Waals surface area contributed by atoms with E-state index in [0.29, 0.717) is 12.0 Å². The number of fused-ring (bicyclic) bond motifs is 1. The number of aromatic nitrogens is 1. The minimum absolute atomic E-state index is 0.0119. The molecular weight excluding hydrogens is 506 g/mol. The van der Waals surface area contributed by atoms with E-state index in [9.17, 15) is 29.1 Å². The van der Waals surface area contributed by atoms with Crippen LogP contribution in [-0.4, -0.2) is 69.0 Å². The first-order valence-electron chi connectivity index (χ1n) is 13.0. The van der Waals surface area contributed by atoms with E-state index in [1.165, 1.54) is 0 Å². The summed E-state index contributed by atoms with van der Waals surface area (Å²) in [5.41, 5.74) is 7.51. The van der Waals surface area contributed by atoms with Crippen LogP contribution < -0.4 is 21.7 Å². The molecule has 2 rings (SSSR count). The summed E-state index contributed by atoms with van der Waals surface area (Å²) < 4.78 is 0. The fourth-order valence-electron chi connectivity index (χ4n) is 4.09. The van der Waals surface area contributed by atoms with Crippen molar-refractivity contribution in [2.24, 2.45) is 17.6 Å². The molecule has 0 radical (unpaired) electrons. The van der Waals surface area contributed by atoms with Gasteiger partial charge in [0.15, 0.2) is 0 Å². The summed E-state index contributed by atoms with van der Waals surface area (Å²) in [5, 5.41) is 27.2. The fourth-order valence-corrected chi connectivity index (χ4v) is 4.09. The van der Waals surface area contributed by atoms with Crippen LogP contribution in [0.5, 0.6) is 0 Å². The second kappa shape index (κ2) is 14.3. The predicted octanol–water partition coefficient (Wildman–Crippen LogP) is 1.14. The molecule has 0 saturated carbocycles. The Morgan fingerprint density at radius 2 is 1.54 bits per heavy atom. The molecule has 214 valence electrons. The van der Waals surface area contributed by atoms with Crippen LogP contribution >= 0.6 is 0 Å². The van der Waals surface area contributed by atoms with E-state index in [2.05, 4.69) is 20.9 Å². The number of para-hydroxylation sites is 1. The number of hydrogen-bond acceptors (Lipinski definition) is 6. The second-order valence-electron chi connectivity index (χ2n) is 10.1. The van der Waals surface area contributed by atoms with Gasteiger partial charge in [-0.3, -0.25) is 19.2 Å². The molecule has 1 heterocycles. The van der Waals surface area contributed by atoms with Crippen molar-refractivity contribution in [2.75, 3.05) is 0 Å². The van der Waals surface area contributed by atoms with Crippen LogP contribution in [0.3, 0.4) is 0 Å². The number of benzene rings is 1. The number of carbonyl (C=O) groups excluding carboxylic acids is 3. The van der Waals surface area contributed by atoms with E-state index in [4.69, 9.17) is 10.8 Å². The molecule has 0 aliphatic rings. The van der Waals surface area contributed by atoms with Gasteiger partial charge in [0.25, 0.3) is 0 Å². The Kier molecular flexibility index (Phi) is 11.5. The first-order chi connectivity index (χ1) is 18.3. The van der Waals surface area contributed by atoms with Crippen molar-refractivity contribution in [3.8, 4) is 0 Å². The molecule has 5 unspecified atom stereocenters. The van der Waals surface area contributed by atoms with E-state index in [0.717, 1.165) is 10.9 Å². The fraction of sp³-hybridized carbons (Fsp3) is 0.519. The average Bonchev–Trinajstić information content (AvgIpc) is 3.30. The van der Waals surface area contributed by atoms with Gasteiger partial charge in [-0.25, -0.2) is 4.79 Å². The predicted molar refractivity (Wildman–Crippen MR) is 145 cm³/mol. The van der Waals surface area contributed by atoms with Crippen molar-refractivity contribution in [1.29, 1.82) is 0 Å². The molecule has 3 amide bonds. The largest absolute Gasteiger partial charge is 0.481 e. The third-order valence-corrected chi connectivity index (χ3v) is 6.80. The minimum Gasteiger partial charge on any atom is -0.481 e. The SMILES string of the molecule is CCC(C)C(N)C(=O)NC(CCC(=O)O)C(=O)NC(Cc1c[nH]c2ccccc12)C(=O)NC(C(=O)O)C(C)C. The number of amides is 3. The number of nitrogens with two attached hydrogens (primary N) is 1. The Hall–Kier alpha value is -3.93. The topological polar surface area (TPSA) is 204 Å². The molecule has 0 spiro atoms. The summed E-state index contributed by atoms with van der Waals surface area (Å²) >= 11 is 0. The van der Waals surface area contributed by atoms with Gasteiger partial charge in [-0.05, 0) is 29.9 Å². The van der Waals surface area contributed by atoms with Crippen molar-refractivity contribution >= 4 is 40.6 Å². The van der Waals surface area contributed by atoms with E-state index in [1.807, 2.05) is 31.2 Å². The van der Waals surface area contributed by atoms with Gasteiger partial charge in [0.1, 0.15) is 18.1 Å². The Bertz CT molecular complexity index is 1180. The van der Waals surface area contributed by atoms with E-state index < -0.39 is 66.2 Å². The van der Waals surface area contributed by atoms with Crippen LogP contribution in [0.25, 0.3) is 10.9 Å². The Balaban J connectivity index is 2.34. The Morgan fingerprint density at radius 1 is 0.923 bits per heavy atom. The zero-order valence-corrected chi connectivity index (χ0v) is 22.7. The van der Waals surface area contributed by atoms with E-state index in [-0.39, 0.29) is 18.8 Å². The molecule has 0 aliphatic carbocycles. The number of aromatic amines is 1. The van der Waals surface area contributed by atoms with Gasteiger partial charge in [-0.1, -0.05) is 52.3 Å². The highest BCUT2D eigenvalue weighted by Crippen LogP contribution is 2.19. The molecule has 5 atom stereocenters. The summed E-state index contributed by atoms with van der Waals surface area (Å²) in [4.78, 5) is 65.4. The van der Waals surface area contributed by atoms with Gasteiger partial charge in [-0.15, -0.1) is 0 Å². The molecule has 2 aromatic rings. The van der Waals surface area contributed by atoms with Crippen molar-refractivity contribution in [2.45, 2.75) is 77.5 Å². The maximum absolute atomic E-state index is 13.4. The lowest BCUT2D eigenvalue weighted by molar-refractivity contribution is -0.143. The van der Waals surface area contributed by atoms with Gasteiger partial charge in [0, 0.05) is 29.9 Å². The quantitative estimate of drug-likeness (QED) is 0.172. The van der Waals surface area contributed by atoms with Crippen LogP contribution in [-0.2, 0) is 30.4 Å². The van der Waals surface area contributed by atoms with Crippen molar-refractivity contribution in [3.05, 3.63) is 36.0 Å². The molecular formula is C27H39N5O7. The lowest BCUT2D eigenvalue weighted by atomic mass is 9.98. The maximum Gasteiger partial charge on any atom is 0.326 e. The molecule has 39 heavy (non-hydrogen) atoms. The highest BCUT2D eigenvalue weighted by Gasteiger charge is 2.32. The Morgan fingerprint density at radius 3 is 2.13 bits per heavy atom. The molecule has 12 heteroatoms. The second-order valence-corrected chi connectivity index (χ2v) is 10.1. The number of hydrogen-bond donors (Lipinski definition) is 7. The van der Waals surface area contributed by atoms with Crippen LogP contribution in [0.15, 0.2) is 30.5 Å². The van der Waals surface area contributed by atoms with Crippen molar-refractivity contribution in [3.63, 3.8) is 0 Å². The number of aliphatic carboxylic acids is 2. The number of H-pyrrole nitrogens is 1. The Labute approximate surface area is 227 Å². The number of rotatable bonds is 15. The highest BCUT2D eigenvalue weighted by atomic mass is 16.4. The summed E-state index contributed by atoms with van der Waals surface area (Å²) in [6, 6.07) is 2.76. The highest BCUT2D eigenvalue weighted by molar-refractivity contribution is 5.95. The third kappa shape index (κ3) is 8.81.